The van der Waals surface area contributed by atoms with Crippen molar-refractivity contribution < 1.29 is 9.53 Å². The first-order valence-electron chi connectivity index (χ1n) is 8.00. The van der Waals surface area contributed by atoms with Crippen molar-refractivity contribution in [2.45, 2.75) is 12.3 Å². The van der Waals surface area contributed by atoms with E-state index in [-0.39, 0.29) is 5.91 Å². The van der Waals surface area contributed by atoms with Crippen molar-refractivity contribution in [3.8, 4) is 5.75 Å². The van der Waals surface area contributed by atoms with E-state index in [1.807, 2.05) is 17.0 Å². The number of carbonyl (C=O) groups excluding carboxylic acids is 1. The Labute approximate surface area is 146 Å². The van der Waals surface area contributed by atoms with Gasteiger partial charge >= 0.3 is 0 Å². The van der Waals surface area contributed by atoms with Crippen LogP contribution in [0.2, 0.25) is 5.02 Å². The standard InChI is InChI=1S/C18H20ClN3O2/c19-16-10-14(2-3-17(16)24-9-1-6-20)18(23)22-11-15(12-22)13-4-7-21-8-5-13/h2-5,7-8,10,15H,1,6,9,11-12,20H2. The second kappa shape index (κ2) is 7.64. The molecule has 0 saturated carbocycles. The van der Waals surface area contributed by atoms with Crippen molar-refractivity contribution in [2.75, 3.05) is 26.2 Å². The molecule has 24 heavy (non-hydrogen) atoms. The first-order valence-corrected chi connectivity index (χ1v) is 8.38. The minimum absolute atomic E-state index is 0.00397. The molecule has 1 aromatic heterocycles. The SMILES string of the molecule is NCCCOc1ccc(C(=O)N2CC(c3ccncc3)C2)cc1Cl. The lowest BCUT2D eigenvalue weighted by atomic mass is 9.91. The number of aromatic nitrogens is 1. The second-order valence-electron chi connectivity index (χ2n) is 5.82. The molecule has 3 rings (SSSR count). The molecule has 5 nitrogen and oxygen atoms in total. The lowest BCUT2D eigenvalue weighted by Gasteiger charge is -2.39. The highest BCUT2D eigenvalue weighted by Gasteiger charge is 2.32. The summed E-state index contributed by atoms with van der Waals surface area (Å²) >= 11 is 6.21. The van der Waals surface area contributed by atoms with Crippen molar-refractivity contribution in [3.05, 3.63) is 58.9 Å². The molecular weight excluding hydrogens is 326 g/mol. The minimum atomic E-state index is -0.00397. The molecule has 0 atom stereocenters. The minimum Gasteiger partial charge on any atom is -0.492 e. The van der Waals surface area contributed by atoms with E-state index < -0.39 is 0 Å². The summed E-state index contributed by atoms with van der Waals surface area (Å²) in [7, 11) is 0. The summed E-state index contributed by atoms with van der Waals surface area (Å²) in [5.41, 5.74) is 7.24. The summed E-state index contributed by atoms with van der Waals surface area (Å²) in [4.78, 5) is 18.4. The molecule has 0 bridgehead atoms. The fourth-order valence-corrected chi connectivity index (χ4v) is 2.92. The normalized spacial score (nSPS) is 14.3. The summed E-state index contributed by atoms with van der Waals surface area (Å²) in [6, 6.07) is 9.16. The molecule has 0 unspecified atom stereocenters. The van der Waals surface area contributed by atoms with Gasteiger partial charge in [0.2, 0.25) is 0 Å². The molecule has 2 aromatic rings. The Bertz CT molecular complexity index is 703. The number of likely N-dealkylation sites (tertiary alicyclic amines) is 1. The number of nitrogens with zero attached hydrogens (tertiary/aromatic N) is 2. The smallest absolute Gasteiger partial charge is 0.253 e. The molecule has 2 N–H and O–H groups in total. The van der Waals surface area contributed by atoms with Gasteiger partial charge < -0.3 is 15.4 Å². The zero-order chi connectivity index (χ0) is 16.9. The quantitative estimate of drug-likeness (QED) is 0.817. The van der Waals surface area contributed by atoms with Crippen LogP contribution in [-0.4, -0.2) is 42.0 Å². The van der Waals surface area contributed by atoms with Gasteiger partial charge in [-0.3, -0.25) is 9.78 Å². The number of hydrogen-bond acceptors (Lipinski definition) is 4. The summed E-state index contributed by atoms with van der Waals surface area (Å²) in [6.45, 7) is 2.52. The van der Waals surface area contributed by atoms with Gasteiger partial charge in [-0.25, -0.2) is 0 Å². The van der Waals surface area contributed by atoms with Crippen molar-refractivity contribution in [3.63, 3.8) is 0 Å². The third-order valence-corrected chi connectivity index (χ3v) is 4.43. The van der Waals surface area contributed by atoms with Gasteiger partial charge in [-0.05, 0) is 48.9 Å². The van der Waals surface area contributed by atoms with Crippen molar-refractivity contribution in [1.82, 2.24) is 9.88 Å². The van der Waals surface area contributed by atoms with Crippen LogP contribution in [0.25, 0.3) is 0 Å². The highest BCUT2D eigenvalue weighted by atomic mass is 35.5. The van der Waals surface area contributed by atoms with Gasteiger partial charge in [-0.15, -0.1) is 0 Å². The average molecular weight is 346 g/mol. The maximum Gasteiger partial charge on any atom is 0.253 e. The number of amides is 1. The molecular formula is C18H20ClN3O2. The number of pyridine rings is 1. The Hall–Kier alpha value is -2.11. The van der Waals surface area contributed by atoms with Gasteiger partial charge in [-0.2, -0.15) is 0 Å². The van der Waals surface area contributed by atoms with Crippen LogP contribution in [0.15, 0.2) is 42.7 Å². The van der Waals surface area contributed by atoms with Gasteiger partial charge in [0.1, 0.15) is 5.75 Å². The topological polar surface area (TPSA) is 68.5 Å². The number of nitrogens with two attached hydrogens (primary N) is 1. The van der Waals surface area contributed by atoms with Crippen LogP contribution < -0.4 is 10.5 Å². The number of benzene rings is 1. The predicted octanol–water partition coefficient (Wildman–Crippen LogP) is 2.70. The lowest BCUT2D eigenvalue weighted by Crippen LogP contribution is -2.48. The Morgan fingerprint density at radius 1 is 1.29 bits per heavy atom. The second-order valence-corrected chi connectivity index (χ2v) is 6.23. The van der Waals surface area contributed by atoms with Crippen molar-refractivity contribution in [2.24, 2.45) is 5.73 Å². The van der Waals surface area contributed by atoms with Crippen LogP contribution in [0.5, 0.6) is 5.75 Å². The fraction of sp³-hybridized carbons (Fsp3) is 0.333. The number of rotatable bonds is 6. The summed E-state index contributed by atoms with van der Waals surface area (Å²) in [6.07, 6.45) is 4.33. The van der Waals surface area contributed by atoms with Crippen LogP contribution in [-0.2, 0) is 0 Å². The highest BCUT2D eigenvalue weighted by Crippen LogP contribution is 2.30. The van der Waals surface area contributed by atoms with E-state index in [1.165, 1.54) is 5.56 Å². The first kappa shape index (κ1) is 16.7. The summed E-state index contributed by atoms with van der Waals surface area (Å²) < 4.78 is 5.54. The molecule has 1 fully saturated rings. The zero-order valence-corrected chi connectivity index (χ0v) is 14.1. The Morgan fingerprint density at radius 3 is 2.71 bits per heavy atom. The maximum atomic E-state index is 12.5. The van der Waals surface area contributed by atoms with Crippen LogP contribution >= 0.6 is 11.6 Å². The molecule has 1 aromatic carbocycles. The molecule has 1 aliphatic rings. The molecule has 1 saturated heterocycles. The monoisotopic (exact) mass is 345 g/mol. The van der Waals surface area contributed by atoms with Crippen molar-refractivity contribution in [1.29, 1.82) is 0 Å². The third kappa shape index (κ3) is 3.68. The van der Waals surface area contributed by atoms with Gasteiger partial charge in [0.15, 0.2) is 0 Å². The molecule has 0 aliphatic carbocycles. The van der Waals surface area contributed by atoms with Gasteiger partial charge in [-0.1, -0.05) is 11.6 Å². The predicted molar refractivity (Wildman–Crippen MR) is 93.5 cm³/mol. The van der Waals surface area contributed by atoms with Crippen LogP contribution in [0.1, 0.15) is 28.3 Å². The third-order valence-electron chi connectivity index (χ3n) is 4.13. The van der Waals surface area contributed by atoms with E-state index in [4.69, 9.17) is 22.1 Å². The number of halogens is 1. The number of carbonyl (C=O) groups is 1. The molecule has 2 heterocycles. The van der Waals surface area contributed by atoms with Crippen LogP contribution in [0, 0.1) is 0 Å². The average Bonchev–Trinajstić information content (AvgIpc) is 2.56. The largest absolute Gasteiger partial charge is 0.492 e. The first-order chi connectivity index (χ1) is 11.7. The van der Waals surface area contributed by atoms with E-state index >= 15 is 0 Å². The van der Waals surface area contributed by atoms with E-state index in [0.717, 1.165) is 19.5 Å². The Kier molecular flexibility index (Phi) is 5.33. The molecule has 6 heteroatoms. The fourth-order valence-electron chi connectivity index (χ4n) is 2.69. The summed E-state index contributed by atoms with van der Waals surface area (Å²) in [5, 5.41) is 0.448. The molecule has 1 aliphatic heterocycles. The molecule has 126 valence electrons. The van der Waals surface area contributed by atoms with Gasteiger partial charge in [0.05, 0.1) is 11.6 Å². The summed E-state index contributed by atoms with van der Waals surface area (Å²) in [5.74, 6) is 0.960. The highest BCUT2D eigenvalue weighted by molar-refractivity contribution is 6.32. The van der Waals surface area contributed by atoms with E-state index in [9.17, 15) is 4.79 Å². The van der Waals surface area contributed by atoms with E-state index in [2.05, 4.69) is 4.98 Å². The van der Waals surface area contributed by atoms with Crippen LogP contribution in [0.3, 0.4) is 0 Å². The molecule has 1 amide bonds. The van der Waals surface area contributed by atoms with E-state index in [0.29, 0.717) is 35.4 Å². The van der Waals surface area contributed by atoms with Crippen molar-refractivity contribution >= 4 is 17.5 Å². The van der Waals surface area contributed by atoms with Gasteiger partial charge in [0, 0.05) is 37.0 Å². The van der Waals surface area contributed by atoms with Gasteiger partial charge in [0.25, 0.3) is 5.91 Å². The maximum absolute atomic E-state index is 12.5. The molecule has 0 spiro atoms. The number of ether oxygens (including phenoxy) is 1. The van der Waals surface area contributed by atoms with E-state index in [1.54, 1.807) is 30.6 Å². The zero-order valence-electron chi connectivity index (χ0n) is 13.3. The number of hydrogen-bond donors (Lipinski definition) is 1. The lowest BCUT2D eigenvalue weighted by molar-refractivity contribution is 0.0602. The Balaban J connectivity index is 1.59. The van der Waals surface area contributed by atoms with Crippen LogP contribution in [0.4, 0.5) is 0 Å². The Morgan fingerprint density at radius 2 is 2.04 bits per heavy atom. The molecule has 0 radical (unpaired) electrons.